The molecule has 0 radical (unpaired) electrons. The van der Waals surface area contributed by atoms with Crippen LogP contribution in [0.25, 0.3) is 11.5 Å². The average Bonchev–Trinajstić information content (AvgIpc) is 3.59. The largest absolute Gasteiger partial charge is 0.497 e. The summed E-state index contributed by atoms with van der Waals surface area (Å²) in [4.78, 5) is 16.1. The summed E-state index contributed by atoms with van der Waals surface area (Å²) in [6.45, 7) is 4.67. The van der Waals surface area contributed by atoms with E-state index in [4.69, 9.17) is 9.84 Å². The number of aryl methyl sites for hydroxylation is 2. The molecule has 5 aromatic rings. The molecule has 1 aliphatic rings. The Labute approximate surface area is 234 Å². The number of nitrogens with one attached hydrogen (secondary N) is 1. The summed E-state index contributed by atoms with van der Waals surface area (Å²) >= 11 is 0. The van der Waals surface area contributed by atoms with E-state index in [1.807, 2.05) is 58.1 Å². The Morgan fingerprint density at radius 1 is 0.950 bits per heavy atom. The van der Waals surface area contributed by atoms with Crippen molar-refractivity contribution in [2.75, 3.05) is 12.4 Å². The van der Waals surface area contributed by atoms with E-state index in [1.54, 1.807) is 7.11 Å². The molecule has 2 aromatic heterocycles. The van der Waals surface area contributed by atoms with Gasteiger partial charge in [-0.25, -0.2) is 9.48 Å². The van der Waals surface area contributed by atoms with E-state index in [-0.39, 0.29) is 12.1 Å². The van der Waals surface area contributed by atoms with Crippen LogP contribution in [0.5, 0.6) is 5.75 Å². The van der Waals surface area contributed by atoms with Gasteiger partial charge in [-0.2, -0.15) is 5.10 Å². The van der Waals surface area contributed by atoms with Gasteiger partial charge in [0.15, 0.2) is 0 Å². The number of ether oxygens (including phenoxy) is 1. The lowest BCUT2D eigenvalue weighted by Gasteiger charge is -2.31. The first-order chi connectivity index (χ1) is 19.6. The van der Waals surface area contributed by atoms with E-state index >= 15 is 0 Å². The van der Waals surface area contributed by atoms with E-state index in [9.17, 15) is 4.79 Å². The number of carbonyl (C=O) groups is 1. The number of nitrogens with zero attached hydrogens (tertiary/aromatic N) is 4. The number of fused-ring (bicyclic) bond motifs is 3. The van der Waals surface area contributed by atoms with Crippen LogP contribution in [0.3, 0.4) is 0 Å². The molecule has 1 aliphatic heterocycles. The minimum absolute atomic E-state index is 0.187. The highest BCUT2D eigenvalue weighted by Crippen LogP contribution is 2.39. The molecule has 0 fully saturated rings. The minimum Gasteiger partial charge on any atom is -0.497 e. The first-order valence-electron chi connectivity index (χ1n) is 13.8. The maximum absolute atomic E-state index is 14.2. The van der Waals surface area contributed by atoms with Crippen molar-refractivity contribution in [3.8, 4) is 17.3 Å². The Kier molecular flexibility index (Phi) is 6.86. The number of methoxy groups -OCH3 is 1. The predicted octanol–water partition coefficient (Wildman–Crippen LogP) is 6.93. The minimum atomic E-state index is -0.312. The summed E-state index contributed by atoms with van der Waals surface area (Å²) in [5, 5.41) is 8.18. The zero-order valence-electron chi connectivity index (χ0n) is 23.0. The first-order valence-corrected chi connectivity index (χ1v) is 13.8. The van der Waals surface area contributed by atoms with Crippen molar-refractivity contribution in [1.29, 1.82) is 0 Å². The number of amides is 2. The van der Waals surface area contributed by atoms with Crippen LogP contribution in [-0.2, 0) is 19.4 Å². The number of hydrogen-bond donors (Lipinski definition) is 1. The fourth-order valence-electron chi connectivity index (χ4n) is 5.53. The molecule has 0 bridgehead atoms. The fraction of sp³-hybridized carbons (Fsp3) is 0.212. The summed E-state index contributed by atoms with van der Waals surface area (Å²) in [5.41, 5.74) is 6.99. The average molecular weight is 532 g/mol. The first kappa shape index (κ1) is 25.5. The van der Waals surface area contributed by atoms with Crippen molar-refractivity contribution in [2.24, 2.45) is 0 Å². The van der Waals surface area contributed by atoms with Crippen LogP contribution in [-0.4, -0.2) is 32.4 Å². The van der Waals surface area contributed by atoms with Crippen LogP contribution < -0.4 is 10.1 Å². The molecule has 7 heteroatoms. The molecule has 1 N–H and O–H groups in total. The van der Waals surface area contributed by atoms with Crippen molar-refractivity contribution in [1.82, 2.24) is 19.2 Å². The van der Waals surface area contributed by atoms with Gasteiger partial charge in [0.25, 0.3) is 0 Å². The Balaban J connectivity index is 1.53. The van der Waals surface area contributed by atoms with Crippen molar-refractivity contribution < 1.29 is 9.53 Å². The van der Waals surface area contributed by atoms with Gasteiger partial charge < -0.3 is 19.5 Å². The molecule has 3 aromatic carbocycles. The summed E-state index contributed by atoms with van der Waals surface area (Å²) in [6.07, 6.45) is 3.78. The second-order valence-electron chi connectivity index (χ2n) is 9.94. The molecule has 1 atom stereocenters. The quantitative estimate of drug-likeness (QED) is 0.258. The molecule has 202 valence electrons. The smallest absolute Gasteiger partial charge is 0.322 e. The summed E-state index contributed by atoms with van der Waals surface area (Å²) < 4.78 is 9.60. The van der Waals surface area contributed by atoms with Crippen molar-refractivity contribution in [3.05, 3.63) is 125 Å². The molecule has 0 saturated carbocycles. The van der Waals surface area contributed by atoms with Gasteiger partial charge in [-0.3, -0.25) is 0 Å². The van der Waals surface area contributed by atoms with Crippen molar-refractivity contribution in [3.63, 3.8) is 0 Å². The lowest BCUT2D eigenvalue weighted by molar-refractivity contribution is 0.194. The topological polar surface area (TPSA) is 64.3 Å². The fourth-order valence-corrected chi connectivity index (χ4v) is 5.53. The lowest BCUT2D eigenvalue weighted by atomic mass is 9.99. The van der Waals surface area contributed by atoms with Gasteiger partial charge in [-0.1, -0.05) is 62.4 Å². The Bertz CT molecular complexity index is 1640. The standard InChI is InChI=1S/C33H33N5O2/c1-4-23-16-18-24(19-17-23)31-30-15-10-20-36(30)32-28(29(5-2)35-38(32)26-12-7-6-8-13-26)22-37(31)33(39)34-25-11-9-14-27(21-25)40-3/h6-21,31H,4-5,22H2,1-3H3,(H,34,39)/t31-/m1/s1. The van der Waals surface area contributed by atoms with Crippen LogP contribution >= 0.6 is 0 Å². The molecule has 0 saturated heterocycles. The predicted molar refractivity (Wildman–Crippen MR) is 157 cm³/mol. The highest BCUT2D eigenvalue weighted by atomic mass is 16.5. The molecule has 0 aliphatic carbocycles. The molecule has 6 rings (SSSR count). The molecule has 40 heavy (non-hydrogen) atoms. The van der Waals surface area contributed by atoms with Crippen LogP contribution in [0, 0.1) is 0 Å². The Hall–Kier alpha value is -4.78. The molecule has 3 heterocycles. The molecule has 0 unspecified atom stereocenters. The third kappa shape index (κ3) is 4.53. The van der Waals surface area contributed by atoms with Gasteiger partial charge in [0.1, 0.15) is 11.6 Å². The normalized spacial score (nSPS) is 14.3. The van der Waals surface area contributed by atoms with Gasteiger partial charge in [0, 0.05) is 23.5 Å². The number of carbonyl (C=O) groups excluding carboxylic acids is 1. The van der Waals surface area contributed by atoms with Crippen molar-refractivity contribution >= 4 is 11.7 Å². The third-order valence-electron chi connectivity index (χ3n) is 7.59. The second-order valence-corrected chi connectivity index (χ2v) is 9.94. The molecule has 0 spiro atoms. The van der Waals surface area contributed by atoms with Crippen LogP contribution in [0.1, 0.15) is 48.0 Å². The Morgan fingerprint density at radius 2 is 1.75 bits per heavy atom. The van der Waals surface area contributed by atoms with E-state index in [0.29, 0.717) is 18.0 Å². The summed E-state index contributed by atoms with van der Waals surface area (Å²) in [7, 11) is 1.62. The summed E-state index contributed by atoms with van der Waals surface area (Å²) in [5.74, 6) is 1.66. The molecular weight excluding hydrogens is 498 g/mol. The third-order valence-corrected chi connectivity index (χ3v) is 7.59. The Morgan fingerprint density at radius 3 is 2.48 bits per heavy atom. The second kappa shape index (κ2) is 10.8. The highest BCUT2D eigenvalue weighted by molar-refractivity contribution is 5.90. The number of rotatable bonds is 6. The number of urea groups is 1. The zero-order valence-corrected chi connectivity index (χ0v) is 23.0. The van der Waals surface area contributed by atoms with Gasteiger partial charge in [0.05, 0.1) is 36.8 Å². The van der Waals surface area contributed by atoms with Crippen LogP contribution in [0.15, 0.2) is 97.2 Å². The summed E-state index contributed by atoms with van der Waals surface area (Å²) in [6, 6.07) is 29.9. The van der Waals surface area contributed by atoms with Crippen molar-refractivity contribution in [2.45, 2.75) is 39.3 Å². The highest BCUT2D eigenvalue weighted by Gasteiger charge is 2.36. The van der Waals surface area contributed by atoms with Crippen LogP contribution in [0.4, 0.5) is 10.5 Å². The zero-order chi connectivity index (χ0) is 27.6. The number of aromatic nitrogens is 3. The van der Waals surface area contributed by atoms with E-state index in [2.05, 4.69) is 72.4 Å². The number of para-hydroxylation sites is 1. The molecular formula is C33H33N5O2. The number of benzene rings is 3. The van der Waals surface area contributed by atoms with E-state index in [0.717, 1.165) is 46.9 Å². The van der Waals surface area contributed by atoms with Gasteiger partial charge in [0.2, 0.25) is 0 Å². The SMILES string of the molecule is CCc1ccc([C@@H]2c3cccn3-c3c(c(CC)nn3-c3ccccc3)CN2C(=O)Nc2cccc(OC)c2)cc1. The number of anilines is 1. The lowest BCUT2D eigenvalue weighted by Crippen LogP contribution is -2.38. The maximum atomic E-state index is 14.2. The van der Waals surface area contributed by atoms with Crippen LogP contribution in [0.2, 0.25) is 0 Å². The van der Waals surface area contributed by atoms with Gasteiger partial charge in [-0.15, -0.1) is 0 Å². The van der Waals surface area contributed by atoms with E-state index < -0.39 is 0 Å². The maximum Gasteiger partial charge on any atom is 0.322 e. The number of hydrogen-bond acceptors (Lipinski definition) is 3. The monoisotopic (exact) mass is 531 g/mol. The molecule has 7 nitrogen and oxygen atoms in total. The van der Waals surface area contributed by atoms with Gasteiger partial charge in [-0.05, 0) is 60.4 Å². The molecule has 2 amide bonds. The van der Waals surface area contributed by atoms with E-state index in [1.165, 1.54) is 5.56 Å². The van der Waals surface area contributed by atoms with Gasteiger partial charge >= 0.3 is 6.03 Å².